The van der Waals surface area contributed by atoms with E-state index in [1.165, 1.54) is 30.6 Å². The number of aromatic nitrogens is 1. The van der Waals surface area contributed by atoms with Gasteiger partial charge in [-0.1, -0.05) is 6.42 Å². The van der Waals surface area contributed by atoms with Crippen molar-refractivity contribution < 1.29 is 9.53 Å². The van der Waals surface area contributed by atoms with Crippen molar-refractivity contribution in [1.82, 2.24) is 10.3 Å². The van der Waals surface area contributed by atoms with Gasteiger partial charge in [-0.25, -0.2) is 0 Å². The van der Waals surface area contributed by atoms with E-state index in [1.807, 2.05) is 12.1 Å². The van der Waals surface area contributed by atoms with Crippen molar-refractivity contribution in [1.29, 1.82) is 0 Å². The fourth-order valence-electron chi connectivity index (χ4n) is 3.85. The van der Waals surface area contributed by atoms with Crippen LogP contribution in [-0.4, -0.2) is 36.6 Å². The molecule has 1 amide bonds. The molecule has 0 aromatic carbocycles. The Morgan fingerprint density at radius 3 is 2.83 bits per heavy atom. The quantitative estimate of drug-likeness (QED) is 0.912. The van der Waals surface area contributed by atoms with Crippen molar-refractivity contribution in [2.45, 2.75) is 25.3 Å². The number of hydrogen-bond donors (Lipinski definition) is 1. The van der Waals surface area contributed by atoms with Crippen LogP contribution in [0.4, 0.5) is 5.69 Å². The molecule has 5 nitrogen and oxygen atoms in total. The van der Waals surface area contributed by atoms with Crippen LogP contribution in [-0.2, 0) is 0 Å². The van der Waals surface area contributed by atoms with Crippen LogP contribution in [0.3, 0.4) is 0 Å². The maximum atomic E-state index is 12.8. The number of pyridine rings is 1. The maximum absolute atomic E-state index is 12.8. The molecule has 1 fully saturated rings. The van der Waals surface area contributed by atoms with E-state index < -0.39 is 0 Å². The highest BCUT2D eigenvalue weighted by Crippen LogP contribution is 2.50. The van der Waals surface area contributed by atoms with Gasteiger partial charge < -0.3 is 15.0 Å². The van der Waals surface area contributed by atoms with Gasteiger partial charge in [-0.3, -0.25) is 9.78 Å². The summed E-state index contributed by atoms with van der Waals surface area (Å²) in [6.07, 6.45) is 7.32. The largest absolute Gasteiger partial charge is 0.488 e. The minimum Gasteiger partial charge on any atom is -0.488 e. The molecule has 6 heteroatoms. The zero-order chi connectivity index (χ0) is 16.1. The molecule has 24 heavy (non-hydrogen) atoms. The summed E-state index contributed by atoms with van der Waals surface area (Å²) in [7, 11) is 0. The molecule has 1 saturated carbocycles. The second kappa shape index (κ2) is 5.48. The molecule has 124 valence electrons. The SMILES string of the molecule is O=C1N[C@H](C2CCC2)CN2CCOc3c(-c4ccncc4)sc1c32. The predicted octanol–water partition coefficient (Wildman–Crippen LogP) is 2.92. The van der Waals surface area contributed by atoms with Crippen molar-refractivity contribution in [3.63, 3.8) is 0 Å². The Hall–Kier alpha value is -2.08. The first kappa shape index (κ1) is 14.3. The van der Waals surface area contributed by atoms with Gasteiger partial charge in [0.25, 0.3) is 5.91 Å². The van der Waals surface area contributed by atoms with Crippen LogP contribution in [0.15, 0.2) is 24.5 Å². The number of carbonyl (C=O) groups excluding carboxylic acids is 1. The van der Waals surface area contributed by atoms with Crippen LogP contribution < -0.4 is 15.0 Å². The first-order chi connectivity index (χ1) is 11.8. The minimum absolute atomic E-state index is 0.0569. The standard InChI is InChI=1S/C18H19N3O2S/c22-18-17-14-15(16(24-17)12-4-6-19-7-5-12)23-9-8-21(14)10-13(20-18)11-2-1-3-11/h4-7,11,13H,1-3,8-10H2,(H,20,22)/t13-/m0/s1. The van der Waals surface area contributed by atoms with Crippen molar-refractivity contribution in [3.05, 3.63) is 29.4 Å². The number of rotatable bonds is 2. The second-order valence-electron chi connectivity index (χ2n) is 6.74. The minimum atomic E-state index is 0.0569. The molecule has 2 aromatic heterocycles. The summed E-state index contributed by atoms with van der Waals surface area (Å²) < 4.78 is 6.00. The number of ether oxygens (including phenoxy) is 1. The maximum Gasteiger partial charge on any atom is 0.263 e. The van der Waals surface area contributed by atoms with Gasteiger partial charge in [0.15, 0.2) is 5.75 Å². The highest BCUT2D eigenvalue weighted by molar-refractivity contribution is 7.18. The van der Waals surface area contributed by atoms with E-state index in [-0.39, 0.29) is 11.9 Å². The Kier molecular flexibility index (Phi) is 3.26. The van der Waals surface area contributed by atoms with Crippen LogP contribution in [0, 0.1) is 5.92 Å². The molecule has 0 bridgehead atoms. The third kappa shape index (κ3) is 2.13. The first-order valence-corrected chi connectivity index (χ1v) is 9.38. The number of anilines is 1. The molecular formula is C18H19N3O2S. The van der Waals surface area contributed by atoms with E-state index in [1.54, 1.807) is 12.4 Å². The van der Waals surface area contributed by atoms with E-state index in [2.05, 4.69) is 15.2 Å². The van der Waals surface area contributed by atoms with Crippen molar-refractivity contribution in [2.24, 2.45) is 5.92 Å². The van der Waals surface area contributed by atoms with Gasteiger partial charge >= 0.3 is 0 Å². The zero-order valence-corrected chi connectivity index (χ0v) is 14.1. The van der Waals surface area contributed by atoms with E-state index in [0.717, 1.165) is 39.8 Å². The molecule has 0 unspecified atom stereocenters. The smallest absolute Gasteiger partial charge is 0.263 e. The number of nitrogens with zero attached hydrogens (tertiary/aromatic N) is 2. The van der Waals surface area contributed by atoms with E-state index >= 15 is 0 Å². The van der Waals surface area contributed by atoms with Crippen molar-refractivity contribution in [2.75, 3.05) is 24.6 Å². The van der Waals surface area contributed by atoms with E-state index in [9.17, 15) is 4.79 Å². The van der Waals surface area contributed by atoms with E-state index in [0.29, 0.717) is 12.5 Å². The van der Waals surface area contributed by atoms with Crippen LogP contribution in [0.2, 0.25) is 0 Å². The molecule has 0 saturated heterocycles. The van der Waals surface area contributed by atoms with Gasteiger partial charge in [0.05, 0.1) is 11.4 Å². The highest BCUT2D eigenvalue weighted by atomic mass is 32.1. The Bertz CT molecular complexity index is 785. The molecule has 0 radical (unpaired) electrons. The number of nitrogens with one attached hydrogen (secondary N) is 1. The fraction of sp³-hybridized carbons (Fsp3) is 0.444. The lowest BCUT2D eigenvalue weighted by atomic mass is 9.79. The third-order valence-electron chi connectivity index (χ3n) is 5.37. The molecule has 1 aliphatic carbocycles. The molecule has 0 spiro atoms. The van der Waals surface area contributed by atoms with Crippen LogP contribution in [0.5, 0.6) is 5.75 Å². The van der Waals surface area contributed by atoms with Gasteiger partial charge in [0.2, 0.25) is 0 Å². The summed E-state index contributed by atoms with van der Waals surface area (Å²) >= 11 is 1.54. The second-order valence-corrected chi connectivity index (χ2v) is 7.76. The van der Waals surface area contributed by atoms with Gasteiger partial charge in [0.1, 0.15) is 17.2 Å². The van der Waals surface area contributed by atoms with Crippen molar-refractivity contribution in [3.8, 4) is 16.2 Å². The Balaban J connectivity index is 1.59. The lowest BCUT2D eigenvalue weighted by Gasteiger charge is -2.37. The van der Waals surface area contributed by atoms with Crippen LogP contribution in [0.1, 0.15) is 28.9 Å². The summed E-state index contributed by atoms with van der Waals surface area (Å²) in [4.78, 5) is 21.1. The molecule has 4 heterocycles. The molecule has 2 aliphatic heterocycles. The van der Waals surface area contributed by atoms with Gasteiger partial charge in [-0.05, 0) is 36.5 Å². The molecule has 3 aliphatic rings. The summed E-state index contributed by atoms with van der Waals surface area (Å²) in [5.41, 5.74) is 2.06. The monoisotopic (exact) mass is 341 g/mol. The number of hydrogen-bond acceptors (Lipinski definition) is 5. The van der Waals surface area contributed by atoms with Gasteiger partial charge in [0, 0.05) is 25.0 Å². The average molecular weight is 341 g/mol. The topological polar surface area (TPSA) is 54.5 Å². The Morgan fingerprint density at radius 2 is 2.08 bits per heavy atom. The third-order valence-corrected chi connectivity index (χ3v) is 6.57. The number of amides is 1. The normalized spacial score (nSPS) is 22.9. The zero-order valence-electron chi connectivity index (χ0n) is 13.3. The fourth-order valence-corrected chi connectivity index (χ4v) is 5.03. The molecule has 5 rings (SSSR count). The first-order valence-electron chi connectivity index (χ1n) is 8.57. The summed E-state index contributed by atoms with van der Waals surface area (Å²) in [6.45, 7) is 2.42. The van der Waals surface area contributed by atoms with Crippen molar-refractivity contribution >= 4 is 22.9 Å². The van der Waals surface area contributed by atoms with Gasteiger partial charge in [-0.15, -0.1) is 11.3 Å². The summed E-state index contributed by atoms with van der Waals surface area (Å²) in [5.74, 6) is 1.56. The summed E-state index contributed by atoms with van der Waals surface area (Å²) in [6, 6.07) is 4.21. The lowest BCUT2D eigenvalue weighted by Crippen LogP contribution is -2.48. The Morgan fingerprint density at radius 1 is 1.25 bits per heavy atom. The summed E-state index contributed by atoms with van der Waals surface area (Å²) in [5, 5.41) is 3.28. The average Bonchev–Trinajstić information content (AvgIpc) is 2.88. The molecule has 2 aromatic rings. The highest BCUT2D eigenvalue weighted by Gasteiger charge is 2.39. The van der Waals surface area contributed by atoms with Gasteiger partial charge in [-0.2, -0.15) is 0 Å². The lowest BCUT2D eigenvalue weighted by molar-refractivity contribution is 0.0914. The van der Waals surface area contributed by atoms with Crippen LogP contribution in [0.25, 0.3) is 10.4 Å². The number of thiophene rings is 1. The molecule has 1 N–H and O–H groups in total. The van der Waals surface area contributed by atoms with E-state index in [4.69, 9.17) is 4.74 Å². The Labute approximate surface area is 144 Å². The number of carbonyl (C=O) groups is 1. The molecule has 1 atom stereocenters. The predicted molar refractivity (Wildman–Crippen MR) is 93.9 cm³/mol. The molecular weight excluding hydrogens is 322 g/mol. The van der Waals surface area contributed by atoms with Crippen LogP contribution >= 0.6 is 11.3 Å².